The van der Waals surface area contributed by atoms with E-state index in [2.05, 4.69) is 32.6 Å². The van der Waals surface area contributed by atoms with Crippen LogP contribution in [0.15, 0.2) is 0 Å². The van der Waals surface area contributed by atoms with Gasteiger partial charge < -0.3 is 23.3 Å². The summed E-state index contributed by atoms with van der Waals surface area (Å²) in [5.41, 5.74) is 0. The Morgan fingerprint density at radius 1 is 1.00 bits per heavy atom. The van der Waals surface area contributed by atoms with Crippen molar-refractivity contribution in [3.63, 3.8) is 0 Å². The first-order valence-corrected chi connectivity index (χ1v) is 6.91. The fourth-order valence-electron chi connectivity index (χ4n) is 0.561. The van der Waals surface area contributed by atoms with Crippen molar-refractivity contribution in [1.29, 1.82) is 0 Å². The predicted octanol–water partition coefficient (Wildman–Crippen LogP) is -0.0719. The lowest BCUT2D eigenvalue weighted by molar-refractivity contribution is -0.849. The molecule has 3 N–H and O–H groups in total. The van der Waals surface area contributed by atoms with Crippen molar-refractivity contribution in [2.24, 2.45) is 0 Å². The van der Waals surface area contributed by atoms with Crippen LogP contribution in [0.2, 0.25) is 0 Å². The normalized spacial score (nSPS) is 12.0. The third kappa shape index (κ3) is 41.1. The lowest BCUT2D eigenvalue weighted by atomic mass is 10.3. The van der Waals surface area contributed by atoms with Gasteiger partial charge >= 0.3 is 9.05 Å². The molecular formula is C9H26NO4Si+. The number of quaternary nitrogens is 1. The molecule has 0 radical (unpaired) electrons. The van der Waals surface area contributed by atoms with Crippen LogP contribution >= 0.6 is 0 Å². The monoisotopic (exact) mass is 240 g/mol. The van der Waals surface area contributed by atoms with E-state index in [1.807, 2.05) is 6.92 Å². The molecule has 0 aromatic carbocycles. The molecule has 0 fully saturated rings. The quantitative estimate of drug-likeness (QED) is 0.357. The van der Waals surface area contributed by atoms with Gasteiger partial charge in [-0.1, -0.05) is 19.8 Å². The zero-order valence-corrected chi connectivity index (χ0v) is 11.5. The van der Waals surface area contributed by atoms with Gasteiger partial charge in [0.25, 0.3) is 0 Å². The Morgan fingerprint density at radius 3 is 1.67 bits per heavy atom. The highest BCUT2D eigenvalue weighted by atomic mass is 28.4. The maximum atomic E-state index is 8.34. The maximum absolute atomic E-state index is 8.34. The van der Waals surface area contributed by atoms with Crippen LogP contribution in [-0.4, -0.2) is 62.7 Å². The molecule has 0 aliphatic rings. The zero-order valence-electron chi connectivity index (χ0n) is 10.5. The Bertz CT molecular complexity index is 136. The molecule has 6 heteroatoms. The molecule has 0 aliphatic carbocycles. The largest absolute Gasteiger partial charge is 0.671 e. The number of unbranched alkanes of at least 4 members (excludes halogenated alkanes) is 2. The summed E-state index contributed by atoms with van der Waals surface area (Å²) >= 11 is 0. The highest BCUT2D eigenvalue weighted by Crippen LogP contribution is 1.96. The van der Waals surface area contributed by atoms with Crippen LogP contribution in [0.4, 0.5) is 0 Å². The van der Waals surface area contributed by atoms with Gasteiger partial charge in [-0.15, -0.1) is 0 Å². The Morgan fingerprint density at radius 2 is 1.40 bits per heavy atom. The summed E-state index contributed by atoms with van der Waals surface area (Å²) in [6.07, 6.45) is 2.78. The van der Waals surface area contributed by atoms with Crippen molar-refractivity contribution in [2.75, 3.05) is 34.8 Å². The fourth-order valence-corrected chi connectivity index (χ4v) is 0.979. The number of nitrogens with zero attached hydrogens (tertiary/aromatic N) is 1. The van der Waals surface area contributed by atoms with E-state index in [9.17, 15) is 0 Å². The van der Waals surface area contributed by atoms with Gasteiger partial charge in [0.15, 0.2) is 0 Å². The first kappa shape index (κ1) is 17.4. The lowest BCUT2D eigenvalue weighted by Crippen LogP contribution is -2.39. The second kappa shape index (κ2) is 8.20. The molecule has 0 bridgehead atoms. The zero-order chi connectivity index (χ0) is 12.5. The number of rotatable bonds is 5. The molecule has 0 aromatic rings. The van der Waals surface area contributed by atoms with Crippen molar-refractivity contribution in [2.45, 2.75) is 26.2 Å². The van der Waals surface area contributed by atoms with E-state index in [1.165, 1.54) is 0 Å². The van der Waals surface area contributed by atoms with Crippen LogP contribution in [0, 0.1) is 0 Å². The van der Waals surface area contributed by atoms with E-state index in [0.29, 0.717) is 0 Å². The molecule has 0 aliphatic heterocycles. The molecule has 0 atom stereocenters. The third-order valence-electron chi connectivity index (χ3n) is 1.04. The van der Waals surface area contributed by atoms with Crippen molar-refractivity contribution < 1.29 is 23.3 Å². The molecule has 5 nitrogen and oxygen atoms in total. The molecule has 0 aromatic heterocycles. The Balaban J connectivity index is 0. The van der Waals surface area contributed by atoms with E-state index in [1.54, 1.807) is 0 Å². The highest BCUT2D eigenvalue weighted by molar-refractivity contribution is 6.48. The molecule has 0 heterocycles. The molecular weight excluding hydrogens is 214 g/mol. The fraction of sp³-hybridized carbons (Fsp3) is 1.00. The van der Waals surface area contributed by atoms with Gasteiger partial charge in [-0.3, -0.25) is 0 Å². The number of hydrogen-bond acceptors (Lipinski definition) is 4. The van der Waals surface area contributed by atoms with Crippen molar-refractivity contribution in [3.8, 4) is 0 Å². The summed E-state index contributed by atoms with van der Waals surface area (Å²) in [5.74, 6) is 0. The van der Waals surface area contributed by atoms with E-state index >= 15 is 0 Å². The van der Waals surface area contributed by atoms with Gasteiger partial charge in [-0.25, -0.2) is 0 Å². The molecule has 94 valence electrons. The van der Waals surface area contributed by atoms with Crippen molar-refractivity contribution in [3.05, 3.63) is 0 Å². The summed E-state index contributed by atoms with van der Waals surface area (Å²) < 4.78 is 5.34. The minimum absolute atomic E-state index is 0.226. The SMILES string of the molecule is CCCCCO[Si](O)(O)O.C[N+](C)(C)C. The van der Waals surface area contributed by atoms with Crippen LogP contribution in [0.5, 0.6) is 0 Å². The second-order valence-corrected chi connectivity index (χ2v) is 6.25. The smallest absolute Gasteiger partial charge is 0.368 e. The van der Waals surface area contributed by atoms with Gasteiger partial charge in [0.2, 0.25) is 0 Å². The summed E-state index contributed by atoms with van der Waals surface area (Å²) in [4.78, 5) is 25.0. The summed E-state index contributed by atoms with van der Waals surface area (Å²) in [7, 11) is 4.29. The van der Waals surface area contributed by atoms with Crippen molar-refractivity contribution >= 4 is 9.05 Å². The van der Waals surface area contributed by atoms with Gasteiger partial charge in [0, 0.05) is 6.61 Å². The Kier molecular flexibility index (Phi) is 9.52. The Labute approximate surface area is 94.0 Å². The van der Waals surface area contributed by atoms with E-state index in [-0.39, 0.29) is 6.61 Å². The average molecular weight is 240 g/mol. The predicted molar refractivity (Wildman–Crippen MR) is 61.8 cm³/mol. The summed E-state index contributed by atoms with van der Waals surface area (Å²) in [6, 6.07) is 0. The van der Waals surface area contributed by atoms with Crippen LogP contribution in [0.1, 0.15) is 26.2 Å². The molecule has 15 heavy (non-hydrogen) atoms. The minimum atomic E-state index is -4.21. The molecule has 0 spiro atoms. The standard InChI is InChI=1S/C5H14O4Si.C4H12N/c1-2-3-4-5-9-10(6,7)8;1-5(2,3)4/h6-8H,2-5H2,1H3;1-4H3/q;+1. The first-order valence-electron chi connectivity index (χ1n) is 5.16. The Hall–Kier alpha value is 0.0169. The lowest BCUT2D eigenvalue weighted by Gasteiger charge is -2.14. The van der Waals surface area contributed by atoms with E-state index < -0.39 is 9.05 Å². The minimum Gasteiger partial charge on any atom is -0.368 e. The van der Waals surface area contributed by atoms with Crippen LogP contribution in [0.25, 0.3) is 0 Å². The molecule has 0 unspecified atom stereocenters. The van der Waals surface area contributed by atoms with Gasteiger partial charge in [-0.2, -0.15) is 0 Å². The third-order valence-corrected chi connectivity index (χ3v) is 1.64. The van der Waals surface area contributed by atoms with Gasteiger partial charge in [-0.05, 0) is 6.42 Å². The van der Waals surface area contributed by atoms with E-state index in [0.717, 1.165) is 23.7 Å². The summed E-state index contributed by atoms with van der Waals surface area (Å²) in [6.45, 7) is 2.26. The second-order valence-electron chi connectivity index (χ2n) is 4.81. The highest BCUT2D eigenvalue weighted by Gasteiger charge is 2.29. The molecule has 0 saturated heterocycles. The van der Waals surface area contributed by atoms with Crippen molar-refractivity contribution in [1.82, 2.24) is 0 Å². The number of hydrogen-bond donors (Lipinski definition) is 3. The first-order chi connectivity index (χ1) is 6.56. The molecule has 0 saturated carbocycles. The molecule has 0 amide bonds. The topological polar surface area (TPSA) is 69.9 Å². The molecule has 0 rings (SSSR count). The van der Waals surface area contributed by atoms with Gasteiger partial charge in [0.05, 0.1) is 28.2 Å². The van der Waals surface area contributed by atoms with Crippen LogP contribution in [-0.2, 0) is 4.43 Å². The summed E-state index contributed by atoms with van der Waals surface area (Å²) in [5, 5.41) is 0. The van der Waals surface area contributed by atoms with Crippen LogP contribution < -0.4 is 0 Å². The van der Waals surface area contributed by atoms with Gasteiger partial charge in [0.1, 0.15) is 0 Å². The van der Waals surface area contributed by atoms with E-state index in [4.69, 9.17) is 14.4 Å². The maximum Gasteiger partial charge on any atom is 0.671 e. The average Bonchev–Trinajstić information content (AvgIpc) is 1.93. The van der Waals surface area contributed by atoms with Crippen LogP contribution in [0.3, 0.4) is 0 Å².